The molecule has 0 aromatic heterocycles. The Balaban J connectivity index is 2.46. The maximum Gasteiger partial charge on any atom is 0.0940 e. The quantitative estimate of drug-likeness (QED) is 0.773. The molecule has 0 amide bonds. The van der Waals surface area contributed by atoms with E-state index in [2.05, 4.69) is 37.6 Å². The lowest BCUT2D eigenvalue weighted by Crippen LogP contribution is -2.39. The molecular formula is C14H28N2O. The number of hydrogen-bond donors (Lipinski definition) is 2. The topological polar surface area (TPSA) is 35.5 Å². The average Bonchev–Trinajstić information content (AvgIpc) is 2.65. The Kier molecular flexibility index (Phi) is 4.48. The van der Waals surface area contributed by atoms with E-state index in [0.29, 0.717) is 17.9 Å². The van der Waals surface area contributed by atoms with Crippen LogP contribution in [0.4, 0.5) is 0 Å². The Morgan fingerprint density at radius 1 is 1.41 bits per heavy atom. The third-order valence-electron chi connectivity index (χ3n) is 3.96. The summed E-state index contributed by atoms with van der Waals surface area (Å²) < 4.78 is 0. The molecule has 1 unspecified atom stereocenters. The summed E-state index contributed by atoms with van der Waals surface area (Å²) in [6.45, 7) is 16.4. The number of likely N-dealkylation sites (tertiary alicyclic amines) is 1. The van der Waals surface area contributed by atoms with Gasteiger partial charge in [0.1, 0.15) is 0 Å². The monoisotopic (exact) mass is 240 g/mol. The van der Waals surface area contributed by atoms with Gasteiger partial charge < -0.3 is 15.3 Å². The van der Waals surface area contributed by atoms with E-state index in [1.165, 1.54) is 0 Å². The zero-order valence-corrected chi connectivity index (χ0v) is 12.0. The molecule has 100 valence electrons. The summed E-state index contributed by atoms with van der Waals surface area (Å²) in [5.74, 6) is 1.94. The van der Waals surface area contributed by atoms with Crippen molar-refractivity contribution in [2.24, 2.45) is 11.8 Å². The molecule has 0 aromatic carbocycles. The minimum absolute atomic E-state index is 0.343. The first-order valence-electron chi connectivity index (χ1n) is 6.64. The van der Waals surface area contributed by atoms with Crippen LogP contribution in [0.2, 0.25) is 0 Å². The Bertz CT molecular complexity index is 268. The van der Waals surface area contributed by atoms with Crippen LogP contribution in [0.25, 0.3) is 0 Å². The third-order valence-corrected chi connectivity index (χ3v) is 3.96. The third kappa shape index (κ3) is 3.91. The van der Waals surface area contributed by atoms with Gasteiger partial charge in [-0.1, -0.05) is 20.4 Å². The van der Waals surface area contributed by atoms with Crippen molar-refractivity contribution >= 4 is 0 Å². The van der Waals surface area contributed by atoms with E-state index in [1.807, 2.05) is 13.8 Å². The van der Waals surface area contributed by atoms with Crippen molar-refractivity contribution in [3.05, 3.63) is 12.4 Å². The molecule has 1 fully saturated rings. The van der Waals surface area contributed by atoms with Gasteiger partial charge in [-0.25, -0.2) is 0 Å². The lowest BCUT2D eigenvalue weighted by Gasteiger charge is -2.29. The zero-order valence-electron chi connectivity index (χ0n) is 12.0. The molecule has 1 heterocycles. The van der Waals surface area contributed by atoms with E-state index in [9.17, 15) is 5.11 Å². The molecule has 0 aromatic rings. The molecule has 0 saturated carbocycles. The Morgan fingerprint density at radius 3 is 2.41 bits per heavy atom. The number of nitrogens with zero attached hydrogens (tertiary/aromatic N) is 1. The SMILES string of the molecule is C=C(N[C@H](C)C(C)C)N1CCC(C(C)(C)O)C1. The highest BCUT2D eigenvalue weighted by Crippen LogP contribution is 2.28. The van der Waals surface area contributed by atoms with Crippen molar-refractivity contribution in [1.82, 2.24) is 10.2 Å². The standard InChI is InChI=1S/C14H28N2O/c1-10(2)11(3)15-12(4)16-8-7-13(9-16)14(5,6)17/h10-11,13,15,17H,4,7-9H2,1-3,5-6H3/t11-,13?/m1/s1. The number of rotatable bonds is 5. The van der Waals surface area contributed by atoms with Crippen LogP contribution in [0.3, 0.4) is 0 Å². The predicted octanol–water partition coefficient (Wildman–Crippen LogP) is 2.18. The van der Waals surface area contributed by atoms with E-state index >= 15 is 0 Å². The molecule has 3 nitrogen and oxygen atoms in total. The Hall–Kier alpha value is -0.700. The van der Waals surface area contributed by atoms with Crippen LogP contribution in [0.1, 0.15) is 41.0 Å². The van der Waals surface area contributed by atoms with Crippen LogP contribution in [-0.2, 0) is 0 Å². The van der Waals surface area contributed by atoms with Gasteiger partial charge in [-0.3, -0.25) is 0 Å². The van der Waals surface area contributed by atoms with Gasteiger partial charge in [-0.15, -0.1) is 0 Å². The van der Waals surface area contributed by atoms with Crippen LogP contribution < -0.4 is 5.32 Å². The molecule has 1 aliphatic heterocycles. The van der Waals surface area contributed by atoms with Crippen molar-refractivity contribution in [3.8, 4) is 0 Å². The molecule has 1 rings (SSSR count). The predicted molar refractivity (Wildman–Crippen MR) is 72.6 cm³/mol. The summed E-state index contributed by atoms with van der Waals surface area (Å²) >= 11 is 0. The summed E-state index contributed by atoms with van der Waals surface area (Å²) in [5, 5.41) is 13.5. The van der Waals surface area contributed by atoms with Gasteiger partial charge in [0, 0.05) is 25.0 Å². The van der Waals surface area contributed by atoms with E-state index in [-0.39, 0.29) is 0 Å². The van der Waals surface area contributed by atoms with Gasteiger partial charge in [0.2, 0.25) is 0 Å². The van der Waals surface area contributed by atoms with Gasteiger partial charge in [0.25, 0.3) is 0 Å². The molecule has 0 aliphatic carbocycles. The summed E-state index contributed by atoms with van der Waals surface area (Å²) in [4.78, 5) is 2.25. The highest BCUT2D eigenvalue weighted by atomic mass is 16.3. The zero-order chi connectivity index (χ0) is 13.2. The first kappa shape index (κ1) is 14.4. The van der Waals surface area contributed by atoms with Gasteiger partial charge in [-0.05, 0) is 33.1 Å². The summed E-state index contributed by atoms with van der Waals surface area (Å²) in [6.07, 6.45) is 1.04. The van der Waals surface area contributed by atoms with Gasteiger partial charge in [-0.2, -0.15) is 0 Å². The van der Waals surface area contributed by atoms with Crippen molar-refractivity contribution < 1.29 is 5.11 Å². The fourth-order valence-electron chi connectivity index (χ4n) is 2.10. The molecule has 0 radical (unpaired) electrons. The normalized spacial score (nSPS) is 23.0. The number of aliphatic hydroxyl groups is 1. The summed E-state index contributed by atoms with van der Waals surface area (Å²) in [5.41, 5.74) is -0.585. The van der Waals surface area contributed by atoms with Crippen molar-refractivity contribution in [3.63, 3.8) is 0 Å². The van der Waals surface area contributed by atoms with Crippen molar-refractivity contribution in [1.29, 1.82) is 0 Å². The first-order valence-corrected chi connectivity index (χ1v) is 6.64. The second-order valence-corrected chi connectivity index (χ2v) is 6.21. The second kappa shape index (κ2) is 5.30. The second-order valence-electron chi connectivity index (χ2n) is 6.21. The maximum atomic E-state index is 10.0. The number of nitrogens with one attached hydrogen (secondary N) is 1. The summed E-state index contributed by atoms with van der Waals surface area (Å²) in [7, 11) is 0. The highest BCUT2D eigenvalue weighted by molar-refractivity contribution is 4.99. The van der Waals surface area contributed by atoms with E-state index in [4.69, 9.17) is 0 Å². The van der Waals surface area contributed by atoms with Crippen LogP contribution >= 0.6 is 0 Å². The minimum Gasteiger partial charge on any atom is -0.390 e. The molecular weight excluding hydrogens is 212 g/mol. The molecule has 0 spiro atoms. The lowest BCUT2D eigenvalue weighted by molar-refractivity contribution is 0.0220. The number of hydrogen-bond acceptors (Lipinski definition) is 3. The smallest absolute Gasteiger partial charge is 0.0940 e. The molecule has 2 N–H and O–H groups in total. The van der Waals surface area contributed by atoms with Crippen molar-refractivity contribution in [2.45, 2.75) is 52.7 Å². The van der Waals surface area contributed by atoms with Crippen LogP contribution in [0, 0.1) is 11.8 Å². The van der Waals surface area contributed by atoms with Crippen LogP contribution in [0.5, 0.6) is 0 Å². The van der Waals surface area contributed by atoms with Gasteiger partial charge in [0.05, 0.1) is 11.4 Å². The molecule has 2 atom stereocenters. The fraction of sp³-hybridized carbons (Fsp3) is 0.857. The maximum absolute atomic E-state index is 10.0. The largest absolute Gasteiger partial charge is 0.390 e. The molecule has 1 aliphatic rings. The summed E-state index contributed by atoms with van der Waals surface area (Å²) in [6, 6.07) is 0.434. The van der Waals surface area contributed by atoms with E-state index in [1.54, 1.807) is 0 Å². The highest BCUT2D eigenvalue weighted by Gasteiger charge is 2.34. The first-order chi connectivity index (χ1) is 7.71. The van der Waals surface area contributed by atoms with Crippen molar-refractivity contribution in [2.75, 3.05) is 13.1 Å². The molecule has 1 saturated heterocycles. The Labute approximate surface area is 106 Å². The molecule has 3 heteroatoms. The van der Waals surface area contributed by atoms with E-state index < -0.39 is 5.60 Å². The van der Waals surface area contributed by atoms with Crippen LogP contribution in [-0.4, -0.2) is 34.7 Å². The average molecular weight is 240 g/mol. The molecule has 0 bridgehead atoms. The van der Waals surface area contributed by atoms with Gasteiger partial charge in [0.15, 0.2) is 0 Å². The Morgan fingerprint density at radius 2 is 2.00 bits per heavy atom. The van der Waals surface area contributed by atoms with Crippen LogP contribution in [0.15, 0.2) is 12.4 Å². The minimum atomic E-state index is -0.585. The van der Waals surface area contributed by atoms with Gasteiger partial charge >= 0.3 is 0 Å². The fourth-order valence-corrected chi connectivity index (χ4v) is 2.10. The van der Waals surface area contributed by atoms with E-state index in [0.717, 1.165) is 25.3 Å². The molecule has 17 heavy (non-hydrogen) atoms. The lowest BCUT2D eigenvalue weighted by atomic mass is 9.90.